The number of carbonyl (C=O) groups excluding carboxylic acids is 1. The van der Waals surface area contributed by atoms with Crippen LogP contribution < -0.4 is 0 Å². The van der Waals surface area contributed by atoms with Gasteiger partial charge in [-0.3, -0.25) is 14.5 Å². The number of aliphatic carboxylic acids is 1. The SMILES string of the molecule is [B][C@@](O)(c1cc(F)c2c(c1)C(=O)N(Cc1ccc(Cl)cc1)[C@@]2(OC)c1ccc(Cl)cc1)C1CCN(CCC(=O)O)CC1. The van der Waals surface area contributed by atoms with Crippen LogP contribution in [-0.2, 0) is 27.3 Å². The molecule has 42 heavy (non-hydrogen) atoms. The molecule has 2 radical (unpaired) electrons. The van der Waals surface area contributed by atoms with Crippen LogP contribution in [-0.4, -0.2) is 66.5 Å². The van der Waals surface area contributed by atoms with Gasteiger partial charge in [-0.2, -0.15) is 0 Å². The number of carboxylic acid groups (broad SMARTS) is 1. The van der Waals surface area contributed by atoms with Crippen molar-refractivity contribution in [1.82, 2.24) is 9.80 Å². The van der Waals surface area contributed by atoms with E-state index >= 15 is 4.39 Å². The smallest absolute Gasteiger partial charge is 0.304 e. The third-order valence-electron chi connectivity index (χ3n) is 8.38. The molecule has 3 aromatic rings. The number of aliphatic hydroxyl groups is 1. The van der Waals surface area contributed by atoms with E-state index in [4.69, 9.17) is 40.9 Å². The van der Waals surface area contributed by atoms with Gasteiger partial charge in [-0.05, 0) is 79.4 Å². The molecule has 1 amide bonds. The lowest BCUT2D eigenvalue weighted by atomic mass is 9.63. The summed E-state index contributed by atoms with van der Waals surface area (Å²) in [6, 6.07) is 16.3. The Labute approximate surface area is 255 Å². The van der Waals surface area contributed by atoms with E-state index in [0.717, 1.165) is 5.56 Å². The molecule has 2 atom stereocenters. The zero-order valence-corrected chi connectivity index (χ0v) is 24.5. The van der Waals surface area contributed by atoms with Gasteiger partial charge >= 0.3 is 5.97 Å². The Morgan fingerprint density at radius 3 is 2.26 bits per heavy atom. The number of hydrogen-bond donors (Lipinski definition) is 2. The van der Waals surface area contributed by atoms with E-state index in [2.05, 4.69) is 0 Å². The maximum Gasteiger partial charge on any atom is 0.304 e. The lowest BCUT2D eigenvalue weighted by Crippen LogP contribution is -2.46. The number of amides is 1. The number of halogens is 3. The van der Waals surface area contributed by atoms with Crippen LogP contribution >= 0.6 is 23.2 Å². The Balaban J connectivity index is 1.54. The Bertz CT molecular complexity index is 1480. The van der Waals surface area contributed by atoms with Gasteiger partial charge in [-0.25, -0.2) is 4.39 Å². The number of likely N-dealkylation sites (tertiary alicyclic amines) is 1. The third-order valence-corrected chi connectivity index (χ3v) is 8.89. The zero-order chi connectivity index (χ0) is 30.2. The van der Waals surface area contributed by atoms with Crippen molar-refractivity contribution in [2.75, 3.05) is 26.7 Å². The second-order valence-corrected chi connectivity index (χ2v) is 11.7. The van der Waals surface area contributed by atoms with Gasteiger partial charge in [0.05, 0.1) is 23.0 Å². The van der Waals surface area contributed by atoms with E-state index in [1.54, 1.807) is 48.5 Å². The first-order valence-electron chi connectivity index (χ1n) is 13.6. The van der Waals surface area contributed by atoms with Crippen LogP contribution in [0.25, 0.3) is 0 Å². The van der Waals surface area contributed by atoms with Crippen LogP contribution in [0.4, 0.5) is 4.39 Å². The molecule has 2 aliphatic rings. The van der Waals surface area contributed by atoms with Crippen molar-refractivity contribution in [2.45, 2.75) is 37.0 Å². The molecule has 1 saturated heterocycles. The highest BCUT2D eigenvalue weighted by Gasteiger charge is 2.54. The molecule has 5 rings (SSSR count). The van der Waals surface area contributed by atoms with Crippen molar-refractivity contribution in [3.63, 3.8) is 0 Å². The molecule has 1 fully saturated rings. The number of carboxylic acids is 1. The zero-order valence-electron chi connectivity index (χ0n) is 23.0. The maximum atomic E-state index is 16.3. The lowest BCUT2D eigenvalue weighted by Gasteiger charge is -2.41. The summed E-state index contributed by atoms with van der Waals surface area (Å²) in [6.07, 6.45) is 0.987. The van der Waals surface area contributed by atoms with Crippen LogP contribution in [0.15, 0.2) is 60.7 Å². The number of ether oxygens (including phenoxy) is 1. The Morgan fingerprint density at radius 1 is 1.10 bits per heavy atom. The van der Waals surface area contributed by atoms with Gasteiger partial charge in [0.2, 0.25) is 0 Å². The fourth-order valence-electron chi connectivity index (χ4n) is 6.12. The second-order valence-electron chi connectivity index (χ2n) is 10.8. The van der Waals surface area contributed by atoms with Crippen molar-refractivity contribution in [3.05, 3.63) is 104 Å². The van der Waals surface area contributed by atoms with E-state index in [1.807, 2.05) is 4.90 Å². The molecular weight excluding hydrogens is 581 g/mol. The second kappa shape index (κ2) is 12.0. The van der Waals surface area contributed by atoms with Gasteiger partial charge in [0, 0.05) is 35.8 Å². The van der Waals surface area contributed by atoms with Crippen LogP contribution in [0.2, 0.25) is 10.0 Å². The lowest BCUT2D eigenvalue weighted by molar-refractivity contribution is -0.137. The van der Waals surface area contributed by atoms with Crippen molar-refractivity contribution in [3.8, 4) is 0 Å². The molecule has 7 nitrogen and oxygen atoms in total. The van der Waals surface area contributed by atoms with Crippen LogP contribution in [0.1, 0.15) is 51.9 Å². The predicted molar refractivity (Wildman–Crippen MR) is 158 cm³/mol. The van der Waals surface area contributed by atoms with Gasteiger partial charge in [0.15, 0.2) is 5.72 Å². The molecule has 3 aromatic carbocycles. The summed E-state index contributed by atoms with van der Waals surface area (Å²) in [5, 5.41) is 21.5. The predicted octanol–water partition coefficient (Wildman–Crippen LogP) is 5.14. The number of nitrogens with zero attached hydrogens (tertiary/aromatic N) is 2. The first-order chi connectivity index (χ1) is 20.0. The van der Waals surface area contributed by atoms with Crippen LogP contribution in [0, 0.1) is 11.7 Å². The molecule has 2 heterocycles. The van der Waals surface area contributed by atoms with Gasteiger partial charge in [0.25, 0.3) is 5.91 Å². The topological polar surface area (TPSA) is 90.3 Å². The molecule has 0 saturated carbocycles. The fourth-order valence-corrected chi connectivity index (χ4v) is 6.37. The summed E-state index contributed by atoms with van der Waals surface area (Å²) in [7, 11) is 7.90. The van der Waals surface area contributed by atoms with Gasteiger partial charge in [-0.15, -0.1) is 0 Å². The minimum atomic E-state index is -1.92. The number of benzene rings is 3. The summed E-state index contributed by atoms with van der Waals surface area (Å²) in [4.78, 5) is 28.5. The molecule has 11 heteroatoms. The molecule has 0 spiro atoms. The molecular formula is C31H30BCl2FN2O5. The van der Waals surface area contributed by atoms with E-state index in [-0.39, 0.29) is 29.7 Å². The summed E-state index contributed by atoms with van der Waals surface area (Å²) >= 11 is 12.2. The summed E-state index contributed by atoms with van der Waals surface area (Å²) in [5.41, 5.74) is -2.14. The summed E-state index contributed by atoms with van der Waals surface area (Å²) < 4.78 is 22.4. The van der Waals surface area contributed by atoms with E-state index in [0.29, 0.717) is 48.1 Å². The molecule has 0 aliphatic carbocycles. The average Bonchev–Trinajstić information content (AvgIpc) is 3.22. The van der Waals surface area contributed by atoms with E-state index in [1.165, 1.54) is 24.1 Å². The quantitative estimate of drug-likeness (QED) is 0.326. The number of hydrogen-bond acceptors (Lipinski definition) is 5. The largest absolute Gasteiger partial charge is 0.481 e. The van der Waals surface area contributed by atoms with Crippen LogP contribution in [0.3, 0.4) is 0 Å². The van der Waals surface area contributed by atoms with Crippen molar-refractivity contribution < 1.29 is 28.9 Å². The number of carbonyl (C=O) groups is 2. The van der Waals surface area contributed by atoms with Crippen LogP contribution in [0.5, 0.6) is 0 Å². The van der Waals surface area contributed by atoms with Gasteiger partial charge < -0.3 is 19.8 Å². The first kappa shape index (κ1) is 30.5. The van der Waals surface area contributed by atoms with Gasteiger partial charge in [-0.1, -0.05) is 47.5 Å². The van der Waals surface area contributed by atoms with E-state index in [9.17, 15) is 14.7 Å². The van der Waals surface area contributed by atoms with E-state index < -0.39 is 34.8 Å². The molecule has 0 unspecified atom stereocenters. The Hall–Kier alpha value is -2.95. The molecule has 218 valence electrons. The fraction of sp³-hybridized carbons (Fsp3) is 0.355. The molecule has 2 aliphatic heterocycles. The van der Waals surface area contributed by atoms with Crippen molar-refractivity contribution >= 4 is 42.9 Å². The van der Waals surface area contributed by atoms with Crippen molar-refractivity contribution in [1.29, 1.82) is 0 Å². The minimum Gasteiger partial charge on any atom is -0.481 e. The number of methoxy groups -OCH3 is 1. The normalized spacial score (nSPS) is 20.9. The Morgan fingerprint density at radius 2 is 1.69 bits per heavy atom. The highest BCUT2D eigenvalue weighted by molar-refractivity contribution is 6.30. The number of fused-ring (bicyclic) bond motifs is 1. The average molecular weight is 611 g/mol. The number of piperidine rings is 1. The minimum absolute atomic E-state index is 0.0225. The standard InChI is InChI=1S/C31H30BCl2FN2O5/c1-42-31(21-4-8-24(34)9-5-21)28-25(29(40)37(31)18-19-2-6-23(33)7-3-19)16-22(17-26(28)35)30(32,41)20-10-13-36(14-11-20)15-12-27(38)39/h2-9,16-17,20,41H,10-15,18H2,1H3,(H,38,39)/t30-,31+/m0/s1. The highest BCUT2D eigenvalue weighted by Crippen LogP contribution is 2.48. The molecule has 0 bridgehead atoms. The van der Waals surface area contributed by atoms with Crippen molar-refractivity contribution in [2.24, 2.45) is 5.92 Å². The third kappa shape index (κ3) is 5.56. The maximum absolute atomic E-state index is 16.3. The molecule has 2 N–H and O–H groups in total. The monoisotopic (exact) mass is 610 g/mol. The first-order valence-corrected chi connectivity index (χ1v) is 14.4. The molecule has 0 aromatic heterocycles. The Kier molecular flexibility index (Phi) is 8.70. The highest BCUT2D eigenvalue weighted by atomic mass is 35.5. The number of rotatable bonds is 9. The summed E-state index contributed by atoms with van der Waals surface area (Å²) in [6.45, 7) is 1.57. The van der Waals surface area contributed by atoms with Gasteiger partial charge in [0.1, 0.15) is 13.7 Å². The summed E-state index contributed by atoms with van der Waals surface area (Å²) in [5.74, 6) is -2.53.